The number of halogens is 2. The van der Waals surface area contributed by atoms with Gasteiger partial charge in [-0.1, -0.05) is 30.0 Å². The Morgan fingerprint density at radius 1 is 1.18 bits per heavy atom. The lowest BCUT2D eigenvalue weighted by atomic mass is 10.1. The first-order valence-electron chi connectivity index (χ1n) is 13.3. The van der Waals surface area contributed by atoms with Gasteiger partial charge in [0, 0.05) is 24.1 Å². The molecule has 1 saturated heterocycles. The summed E-state index contributed by atoms with van der Waals surface area (Å²) < 4.78 is 47.4. The van der Waals surface area contributed by atoms with E-state index in [1.54, 1.807) is 22.5 Å². The average molecular weight is 563 g/mol. The van der Waals surface area contributed by atoms with Crippen LogP contribution in [-0.4, -0.2) is 79.2 Å². The number of anilines is 1. The molecule has 6 atom stereocenters. The fraction of sp³-hybridized carbons (Fsp3) is 0.615. The minimum atomic E-state index is -0.853. The van der Waals surface area contributed by atoms with Gasteiger partial charge < -0.3 is 24.6 Å². The molecular weight excluding hydrogens is 530 g/mol. The molecule has 1 aliphatic heterocycles. The highest BCUT2D eigenvalue weighted by molar-refractivity contribution is 7.99. The quantitative estimate of drug-likeness (QED) is 0.279. The van der Waals surface area contributed by atoms with E-state index in [2.05, 4.69) is 22.6 Å². The van der Waals surface area contributed by atoms with Crippen LogP contribution in [0.2, 0.25) is 0 Å². The number of aliphatic hydroxyl groups is 1. The normalized spacial score (nSPS) is 29.2. The maximum Gasteiger partial charge on any atom is 0.191 e. The maximum atomic E-state index is 13.8. The Balaban J connectivity index is 1.31. The van der Waals surface area contributed by atoms with E-state index in [4.69, 9.17) is 24.2 Å². The van der Waals surface area contributed by atoms with Crippen molar-refractivity contribution in [2.75, 3.05) is 24.3 Å². The zero-order valence-electron chi connectivity index (χ0n) is 22.0. The van der Waals surface area contributed by atoms with Crippen molar-refractivity contribution >= 4 is 28.7 Å². The number of hydrogen-bond acceptors (Lipinski definition) is 10. The van der Waals surface area contributed by atoms with E-state index in [0.717, 1.165) is 30.2 Å². The van der Waals surface area contributed by atoms with E-state index in [1.807, 2.05) is 13.8 Å². The maximum absolute atomic E-state index is 13.8. The van der Waals surface area contributed by atoms with E-state index in [-0.39, 0.29) is 49.5 Å². The third kappa shape index (κ3) is 5.22. The highest BCUT2D eigenvalue weighted by Gasteiger charge is 2.56. The molecule has 0 radical (unpaired) electrons. The fourth-order valence-electron chi connectivity index (χ4n) is 5.55. The molecule has 3 aliphatic rings. The molecule has 2 N–H and O–H groups in total. The number of nitrogens with one attached hydrogen (secondary N) is 1. The minimum absolute atomic E-state index is 0.00150. The van der Waals surface area contributed by atoms with Crippen molar-refractivity contribution in [3.63, 3.8) is 0 Å². The summed E-state index contributed by atoms with van der Waals surface area (Å²) in [5.74, 6) is -1.03. The van der Waals surface area contributed by atoms with Crippen LogP contribution in [0.15, 0.2) is 23.4 Å². The number of fused-ring (bicyclic) bond motifs is 2. The van der Waals surface area contributed by atoms with Crippen molar-refractivity contribution < 1.29 is 28.1 Å². The molecule has 3 unspecified atom stereocenters. The Morgan fingerprint density at radius 2 is 2.00 bits per heavy atom. The van der Waals surface area contributed by atoms with Gasteiger partial charge in [0.05, 0.1) is 25.4 Å². The first-order chi connectivity index (χ1) is 18.8. The van der Waals surface area contributed by atoms with Crippen molar-refractivity contribution in [2.45, 2.75) is 87.3 Å². The Bertz CT molecular complexity index is 1360. The van der Waals surface area contributed by atoms with Gasteiger partial charge in [-0.25, -0.2) is 23.4 Å². The molecule has 6 rings (SSSR count). The summed E-state index contributed by atoms with van der Waals surface area (Å²) in [4.78, 5) is 9.57. The van der Waals surface area contributed by atoms with Crippen LogP contribution in [0.1, 0.15) is 57.6 Å². The molecular formula is C26H32F2N6O4S. The number of benzene rings is 1. The highest BCUT2D eigenvalue weighted by Crippen LogP contribution is 2.46. The van der Waals surface area contributed by atoms with E-state index in [9.17, 15) is 13.9 Å². The van der Waals surface area contributed by atoms with E-state index in [0.29, 0.717) is 28.6 Å². The van der Waals surface area contributed by atoms with Crippen LogP contribution in [0.4, 0.5) is 14.6 Å². The number of rotatable bonds is 10. The predicted molar refractivity (Wildman–Crippen MR) is 140 cm³/mol. The molecule has 2 aliphatic carbocycles. The van der Waals surface area contributed by atoms with Crippen molar-refractivity contribution in [1.29, 1.82) is 0 Å². The second-order valence-electron chi connectivity index (χ2n) is 10.7. The average Bonchev–Trinajstić information content (AvgIpc) is 3.24. The lowest BCUT2D eigenvalue weighted by Crippen LogP contribution is -2.31. The molecule has 39 heavy (non-hydrogen) atoms. The van der Waals surface area contributed by atoms with Gasteiger partial charge >= 0.3 is 0 Å². The lowest BCUT2D eigenvalue weighted by Gasteiger charge is -2.23. The topological polar surface area (TPSA) is 116 Å². The molecule has 210 valence electrons. The van der Waals surface area contributed by atoms with Crippen LogP contribution >= 0.6 is 11.8 Å². The summed E-state index contributed by atoms with van der Waals surface area (Å²) in [6, 6.07) is 3.80. The Hall–Kier alpha value is -2.45. The summed E-state index contributed by atoms with van der Waals surface area (Å²) in [6.45, 7) is 5.96. The molecule has 1 aromatic carbocycles. The lowest BCUT2D eigenvalue weighted by molar-refractivity contribution is -0.171. The van der Waals surface area contributed by atoms with Gasteiger partial charge in [0.25, 0.3) is 0 Å². The molecule has 3 aromatic rings. The number of aliphatic hydroxyl groups excluding tert-OH is 1. The van der Waals surface area contributed by atoms with Crippen LogP contribution in [0, 0.1) is 11.6 Å². The van der Waals surface area contributed by atoms with Crippen molar-refractivity contribution in [3.05, 3.63) is 35.4 Å². The van der Waals surface area contributed by atoms with Crippen molar-refractivity contribution in [1.82, 2.24) is 25.0 Å². The molecule has 3 heterocycles. The largest absolute Gasteiger partial charge is 0.394 e. The SMILES string of the molecule is CCCSc1nc(NC2C[C@H]2c2ccc(F)c(F)c2)c2nnn(C3C[C@H](OCCO)C4OC(C)(C)O[C@H]43)c2n1. The number of nitrogens with zero attached hydrogens (tertiary/aromatic N) is 5. The monoisotopic (exact) mass is 562 g/mol. The molecule has 0 spiro atoms. The predicted octanol–water partition coefficient (Wildman–Crippen LogP) is 3.81. The van der Waals surface area contributed by atoms with Crippen LogP contribution in [-0.2, 0) is 14.2 Å². The van der Waals surface area contributed by atoms with Gasteiger partial charge in [-0.05, 0) is 44.4 Å². The minimum Gasteiger partial charge on any atom is -0.394 e. The van der Waals surface area contributed by atoms with Crippen molar-refractivity contribution in [3.8, 4) is 0 Å². The summed E-state index contributed by atoms with van der Waals surface area (Å²) in [6.07, 6.45) is 1.38. The molecule has 2 aromatic heterocycles. The summed E-state index contributed by atoms with van der Waals surface area (Å²) in [7, 11) is 0. The van der Waals surface area contributed by atoms with Gasteiger partial charge in [-0.3, -0.25) is 0 Å². The van der Waals surface area contributed by atoms with E-state index >= 15 is 0 Å². The summed E-state index contributed by atoms with van der Waals surface area (Å²) in [5.41, 5.74) is 1.85. The Morgan fingerprint density at radius 3 is 2.77 bits per heavy atom. The molecule has 13 heteroatoms. The van der Waals surface area contributed by atoms with Crippen LogP contribution in [0.25, 0.3) is 11.2 Å². The molecule has 3 fully saturated rings. The third-order valence-corrected chi connectivity index (χ3v) is 8.40. The zero-order valence-corrected chi connectivity index (χ0v) is 22.8. The Kier molecular flexibility index (Phi) is 7.21. The molecule has 10 nitrogen and oxygen atoms in total. The smallest absolute Gasteiger partial charge is 0.191 e. The molecule has 0 bridgehead atoms. The van der Waals surface area contributed by atoms with Gasteiger partial charge in [0.15, 0.2) is 39.6 Å². The van der Waals surface area contributed by atoms with Gasteiger partial charge in [-0.15, -0.1) is 5.10 Å². The number of thioether (sulfide) groups is 1. The zero-order chi connectivity index (χ0) is 27.3. The fourth-order valence-corrected chi connectivity index (χ4v) is 6.24. The van der Waals surface area contributed by atoms with Crippen molar-refractivity contribution in [2.24, 2.45) is 0 Å². The first-order valence-corrected chi connectivity index (χ1v) is 14.3. The molecule has 2 saturated carbocycles. The Labute approximate surface area is 228 Å². The molecule has 0 amide bonds. The van der Waals surface area contributed by atoms with Gasteiger partial charge in [-0.2, -0.15) is 0 Å². The van der Waals surface area contributed by atoms with Crippen LogP contribution in [0.3, 0.4) is 0 Å². The van der Waals surface area contributed by atoms with Gasteiger partial charge in [0.1, 0.15) is 12.2 Å². The highest BCUT2D eigenvalue weighted by atomic mass is 32.2. The summed E-state index contributed by atoms with van der Waals surface area (Å²) >= 11 is 1.55. The van der Waals surface area contributed by atoms with Crippen LogP contribution < -0.4 is 5.32 Å². The van der Waals surface area contributed by atoms with E-state index < -0.39 is 17.4 Å². The number of hydrogen-bond donors (Lipinski definition) is 2. The second kappa shape index (κ2) is 10.5. The van der Waals surface area contributed by atoms with E-state index in [1.165, 1.54) is 6.07 Å². The van der Waals surface area contributed by atoms with Crippen LogP contribution in [0.5, 0.6) is 0 Å². The number of aromatic nitrogens is 5. The standard InChI is InChI=1S/C26H32F2N6O4S/c1-4-9-39-25-30-23(29-17-11-14(17)13-5-6-15(27)16(28)10-13)20-24(31-25)34(33-32-20)18-12-19(36-8-7-35)22-21(18)37-26(2,3)38-22/h5-6,10,14,17-19,21-22,35H,4,7-9,11-12H2,1-3H3,(H,29,30,31)/t14-,17?,18?,19-,21-,22?/m0/s1. The third-order valence-electron chi connectivity index (χ3n) is 7.34. The number of ether oxygens (including phenoxy) is 3. The second-order valence-corrected chi connectivity index (χ2v) is 11.7. The van der Waals surface area contributed by atoms with Gasteiger partial charge in [0.2, 0.25) is 0 Å². The first kappa shape index (κ1) is 26.8. The summed E-state index contributed by atoms with van der Waals surface area (Å²) in [5, 5.41) is 22.3.